The normalized spacial score (nSPS) is 11.9. The molecule has 0 N–H and O–H groups in total. The first-order valence-corrected chi connectivity index (χ1v) is 6.79. The Morgan fingerprint density at radius 1 is 1.18 bits per heavy atom. The number of hydrogen-bond acceptors (Lipinski definition) is 3. The highest BCUT2D eigenvalue weighted by Crippen LogP contribution is 2.33. The quantitative estimate of drug-likeness (QED) is 0.584. The molecule has 1 heterocycles. The Morgan fingerprint density at radius 3 is 2.45 bits per heavy atom. The van der Waals surface area contributed by atoms with Gasteiger partial charge in [-0.05, 0) is 12.1 Å². The molecule has 22 heavy (non-hydrogen) atoms. The van der Waals surface area contributed by atoms with Crippen LogP contribution in [0.1, 0.15) is 11.1 Å². The summed E-state index contributed by atoms with van der Waals surface area (Å²) in [6.07, 6.45) is -2.31. The molecule has 0 spiro atoms. The molecule has 0 atom stereocenters. The van der Waals surface area contributed by atoms with Crippen molar-refractivity contribution in [3.63, 3.8) is 0 Å². The summed E-state index contributed by atoms with van der Waals surface area (Å²) in [6.45, 7) is 0. The second kappa shape index (κ2) is 6.54. The van der Waals surface area contributed by atoms with Gasteiger partial charge in [-0.1, -0.05) is 41.4 Å². The maximum atomic E-state index is 12.6. The van der Waals surface area contributed by atoms with E-state index in [1.807, 2.05) is 0 Å². The van der Waals surface area contributed by atoms with Crippen LogP contribution in [0.2, 0.25) is 10.0 Å². The Hall–Kier alpha value is -1.79. The fourth-order valence-electron chi connectivity index (χ4n) is 1.61. The van der Waals surface area contributed by atoms with Gasteiger partial charge in [-0.25, -0.2) is 9.99 Å². The molecule has 8 heteroatoms. The zero-order valence-electron chi connectivity index (χ0n) is 11.3. The molecular formula is C14H10Cl2F3N3. The van der Waals surface area contributed by atoms with Crippen LogP contribution in [0.5, 0.6) is 0 Å². The Kier molecular flexibility index (Phi) is 4.93. The lowest BCUT2D eigenvalue weighted by atomic mass is 10.2. The second-order valence-corrected chi connectivity index (χ2v) is 5.13. The van der Waals surface area contributed by atoms with Crippen LogP contribution in [0, 0.1) is 0 Å². The van der Waals surface area contributed by atoms with Crippen molar-refractivity contribution in [3.05, 3.63) is 57.7 Å². The van der Waals surface area contributed by atoms with Crippen molar-refractivity contribution in [3.8, 4) is 0 Å². The molecule has 0 amide bonds. The predicted octanol–water partition coefficient (Wildman–Crippen LogP) is 4.88. The second-order valence-electron chi connectivity index (χ2n) is 4.32. The van der Waals surface area contributed by atoms with Gasteiger partial charge in [0.2, 0.25) is 0 Å². The van der Waals surface area contributed by atoms with Gasteiger partial charge in [0.15, 0.2) is 5.82 Å². The van der Waals surface area contributed by atoms with Crippen molar-refractivity contribution < 1.29 is 13.2 Å². The summed E-state index contributed by atoms with van der Waals surface area (Å²) >= 11 is 11.8. The van der Waals surface area contributed by atoms with Crippen molar-refractivity contribution in [2.75, 3.05) is 12.1 Å². The molecular weight excluding hydrogens is 338 g/mol. The van der Waals surface area contributed by atoms with E-state index in [0.717, 1.165) is 6.07 Å². The van der Waals surface area contributed by atoms with E-state index >= 15 is 0 Å². The van der Waals surface area contributed by atoms with Gasteiger partial charge >= 0.3 is 6.18 Å². The summed E-state index contributed by atoms with van der Waals surface area (Å²) in [4.78, 5) is 3.71. The van der Waals surface area contributed by atoms with E-state index in [-0.39, 0.29) is 10.8 Å². The number of hydrazone groups is 1. The first kappa shape index (κ1) is 16.6. The average Bonchev–Trinajstić information content (AvgIpc) is 2.45. The highest BCUT2D eigenvalue weighted by molar-refractivity contribution is 6.33. The summed E-state index contributed by atoms with van der Waals surface area (Å²) in [5.41, 5.74) is -0.246. The molecule has 116 valence electrons. The summed E-state index contributed by atoms with van der Waals surface area (Å²) < 4.78 is 37.7. The number of alkyl halides is 3. The van der Waals surface area contributed by atoms with Gasteiger partial charge in [0.25, 0.3) is 0 Å². The molecule has 0 radical (unpaired) electrons. The third-order valence-electron chi connectivity index (χ3n) is 2.73. The van der Waals surface area contributed by atoms with Gasteiger partial charge in [0.05, 0.1) is 16.8 Å². The van der Waals surface area contributed by atoms with E-state index in [1.54, 1.807) is 24.3 Å². The van der Waals surface area contributed by atoms with Gasteiger partial charge < -0.3 is 0 Å². The molecule has 0 unspecified atom stereocenters. The molecule has 0 saturated carbocycles. The fraction of sp³-hybridized carbons (Fsp3) is 0.143. The van der Waals surface area contributed by atoms with Gasteiger partial charge in [-0.2, -0.15) is 18.3 Å². The number of rotatable bonds is 3. The molecule has 1 aromatic carbocycles. The summed E-state index contributed by atoms with van der Waals surface area (Å²) in [5.74, 6) is 0.109. The fourth-order valence-corrected chi connectivity index (χ4v) is 2.08. The van der Waals surface area contributed by atoms with Crippen LogP contribution in [0.15, 0.2) is 41.6 Å². The Morgan fingerprint density at radius 2 is 1.86 bits per heavy atom. The number of benzene rings is 1. The smallest absolute Gasteiger partial charge is 0.250 e. The van der Waals surface area contributed by atoms with Crippen LogP contribution in [0.3, 0.4) is 0 Å². The van der Waals surface area contributed by atoms with E-state index in [0.29, 0.717) is 16.8 Å². The topological polar surface area (TPSA) is 28.5 Å². The van der Waals surface area contributed by atoms with Crippen LogP contribution in [-0.2, 0) is 6.18 Å². The molecule has 2 rings (SSSR count). The number of pyridine rings is 1. The summed E-state index contributed by atoms with van der Waals surface area (Å²) in [5, 5.41) is 5.70. The first-order chi connectivity index (χ1) is 10.3. The van der Waals surface area contributed by atoms with E-state index < -0.39 is 11.7 Å². The first-order valence-electron chi connectivity index (χ1n) is 6.04. The summed E-state index contributed by atoms with van der Waals surface area (Å²) in [7, 11) is 1.52. The minimum absolute atomic E-state index is 0.109. The van der Waals surface area contributed by atoms with Crippen LogP contribution in [0.4, 0.5) is 19.0 Å². The lowest BCUT2D eigenvalue weighted by Gasteiger charge is -2.15. The molecule has 0 aliphatic heterocycles. The SMILES string of the molecule is CN(N=Cc1ccccc1Cl)c1ncc(C(F)(F)F)cc1Cl. The van der Waals surface area contributed by atoms with E-state index in [1.165, 1.54) is 18.3 Å². The van der Waals surface area contributed by atoms with Crippen LogP contribution >= 0.6 is 23.2 Å². The van der Waals surface area contributed by atoms with Gasteiger partial charge in [0, 0.05) is 23.8 Å². The maximum Gasteiger partial charge on any atom is 0.417 e. The monoisotopic (exact) mass is 347 g/mol. The maximum absolute atomic E-state index is 12.6. The standard InChI is InChI=1S/C14H10Cl2F3N3/c1-22(21-7-9-4-2-3-5-11(9)15)13-12(16)6-10(8-20-13)14(17,18)19/h2-8H,1H3. The van der Waals surface area contributed by atoms with E-state index in [4.69, 9.17) is 23.2 Å². The van der Waals surface area contributed by atoms with Crippen LogP contribution in [0.25, 0.3) is 0 Å². The molecule has 2 aromatic rings. The predicted molar refractivity (Wildman–Crippen MR) is 81.7 cm³/mol. The Bertz CT molecular complexity index is 702. The minimum atomic E-state index is -4.49. The third-order valence-corrected chi connectivity index (χ3v) is 3.35. The van der Waals surface area contributed by atoms with E-state index in [9.17, 15) is 13.2 Å². The van der Waals surface area contributed by atoms with Gasteiger partial charge in [-0.15, -0.1) is 0 Å². The number of anilines is 1. The highest BCUT2D eigenvalue weighted by Gasteiger charge is 2.31. The van der Waals surface area contributed by atoms with Crippen molar-refractivity contribution >= 4 is 35.2 Å². The highest BCUT2D eigenvalue weighted by atomic mass is 35.5. The zero-order valence-corrected chi connectivity index (χ0v) is 12.8. The average molecular weight is 348 g/mol. The van der Waals surface area contributed by atoms with Crippen LogP contribution in [-0.4, -0.2) is 18.2 Å². The summed E-state index contributed by atoms with van der Waals surface area (Å²) in [6, 6.07) is 7.83. The van der Waals surface area contributed by atoms with Gasteiger partial charge in [-0.3, -0.25) is 0 Å². The van der Waals surface area contributed by atoms with Crippen molar-refractivity contribution in [1.29, 1.82) is 0 Å². The number of aromatic nitrogens is 1. The van der Waals surface area contributed by atoms with E-state index in [2.05, 4.69) is 10.1 Å². The van der Waals surface area contributed by atoms with Crippen molar-refractivity contribution in [2.24, 2.45) is 5.10 Å². The molecule has 1 aromatic heterocycles. The molecule has 0 bridgehead atoms. The number of nitrogens with zero attached hydrogens (tertiary/aromatic N) is 3. The lowest BCUT2D eigenvalue weighted by molar-refractivity contribution is -0.137. The molecule has 0 aliphatic rings. The van der Waals surface area contributed by atoms with Crippen molar-refractivity contribution in [2.45, 2.75) is 6.18 Å². The van der Waals surface area contributed by atoms with Crippen molar-refractivity contribution in [1.82, 2.24) is 4.98 Å². The molecule has 0 aliphatic carbocycles. The van der Waals surface area contributed by atoms with Gasteiger partial charge in [0.1, 0.15) is 0 Å². The largest absolute Gasteiger partial charge is 0.417 e. The van der Waals surface area contributed by atoms with Crippen LogP contribution < -0.4 is 5.01 Å². The lowest BCUT2D eigenvalue weighted by Crippen LogP contribution is -2.13. The number of hydrogen-bond donors (Lipinski definition) is 0. The number of halogens is 5. The third kappa shape index (κ3) is 3.90. The zero-order chi connectivity index (χ0) is 16.3. The molecule has 3 nitrogen and oxygen atoms in total. The molecule has 0 saturated heterocycles. The minimum Gasteiger partial charge on any atom is -0.250 e. The Labute approximate surface area is 135 Å². The Balaban J connectivity index is 2.23. The molecule has 0 fully saturated rings.